The minimum Gasteiger partial charge on any atom is -0.497 e. The zero-order chi connectivity index (χ0) is 10.8. The van der Waals surface area contributed by atoms with Crippen LogP contribution >= 0.6 is 15.9 Å². The Kier molecular flexibility index (Phi) is 3.44. The van der Waals surface area contributed by atoms with Crippen LogP contribution in [0.4, 0.5) is 8.78 Å². The third-order valence-electron chi connectivity index (χ3n) is 1.82. The lowest BCUT2D eigenvalue weighted by Crippen LogP contribution is -2.25. The Morgan fingerprint density at radius 2 is 2.14 bits per heavy atom. The van der Waals surface area contributed by atoms with Crippen LogP contribution < -0.4 is 10.5 Å². The van der Waals surface area contributed by atoms with Crippen molar-refractivity contribution in [2.75, 3.05) is 13.7 Å². The first kappa shape index (κ1) is 11.4. The van der Waals surface area contributed by atoms with Gasteiger partial charge < -0.3 is 10.5 Å². The molecule has 0 unspecified atom stereocenters. The molecule has 0 amide bonds. The lowest BCUT2D eigenvalue weighted by molar-refractivity contribution is 0.00500. The molecule has 2 N–H and O–H groups in total. The van der Waals surface area contributed by atoms with Crippen LogP contribution in [0.1, 0.15) is 5.56 Å². The Labute approximate surface area is 89.2 Å². The molecule has 0 saturated heterocycles. The monoisotopic (exact) mass is 265 g/mol. The highest BCUT2D eigenvalue weighted by atomic mass is 79.9. The maximum atomic E-state index is 13.3. The van der Waals surface area contributed by atoms with E-state index in [1.807, 2.05) is 0 Å². The van der Waals surface area contributed by atoms with Crippen LogP contribution in [-0.2, 0) is 5.92 Å². The number of hydrogen-bond acceptors (Lipinski definition) is 2. The van der Waals surface area contributed by atoms with Crippen LogP contribution in [0, 0.1) is 0 Å². The lowest BCUT2D eigenvalue weighted by atomic mass is 10.1. The van der Waals surface area contributed by atoms with Crippen LogP contribution in [0.3, 0.4) is 0 Å². The molecule has 1 aromatic carbocycles. The number of ether oxygens (including phenoxy) is 1. The molecular weight excluding hydrogens is 256 g/mol. The van der Waals surface area contributed by atoms with E-state index in [1.54, 1.807) is 6.07 Å². The first-order valence-electron chi connectivity index (χ1n) is 3.93. The van der Waals surface area contributed by atoms with Gasteiger partial charge in [-0.05, 0) is 18.2 Å². The van der Waals surface area contributed by atoms with Gasteiger partial charge in [0.05, 0.1) is 13.7 Å². The summed E-state index contributed by atoms with van der Waals surface area (Å²) in [6.07, 6.45) is 0. The molecule has 0 aliphatic carbocycles. The van der Waals surface area contributed by atoms with Crippen molar-refractivity contribution in [3.8, 4) is 5.75 Å². The molecular formula is C9H10BrF2NO. The Morgan fingerprint density at radius 3 is 2.64 bits per heavy atom. The largest absolute Gasteiger partial charge is 0.497 e. The van der Waals surface area contributed by atoms with Gasteiger partial charge in [0.25, 0.3) is 5.92 Å². The quantitative estimate of drug-likeness (QED) is 0.912. The standard InChI is InChI=1S/C9H10BrF2NO/c1-14-6-2-3-8(10)7(4-6)9(11,12)5-13/h2-4H,5,13H2,1H3. The summed E-state index contributed by atoms with van der Waals surface area (Å²) in [5.74, 6) is -2.65. The molecule has 14 heavy (non-hydrogen) atoms. The van der Waals surface area contributed by atoms with Gasteiger partial charge in [0, 0.05) is 10.0 Å². The fraction of sp³-hybridized carbons (Fsp3) is 0.333. The van der Waals surface area contributed by atoms with Gasteiger partial charge in [-0.15, -0.1) is 0 Å². The van der Waals surface area contributed by atoms with E-state index in [-0.39, 0.29) is 5.56 Å². The zero-order valence-corrected chi connectivity index (χ0v) is 9.14. The van der Waals surface area contributed by atoms with E-state index in [0.717, 1.165) is 0 Å². The smallest absolute Gasteiger partial charge is 0.286 e. The van der Waals surface area contributed by atoms with Crippen LogP contribution in [0.5, 0.6) is 5.75 Å². The molecule has 0 atom stereocenters. The van der Waals surface area contributed by atoms with Crippen LogP contribution in [-0.4, -0.2) is 13.7 Å². The second kappa shape index (κ2) is 4.23. The molecule has 1 rings (SSSR count). The Hall–Kier alpha value is -0.680. The van der Waals surface area contributed by atoms with Crippen molar-refractivity contribution >= 4 is 15.9 Å². The van der Waals surface area contributed by atoms with Gasteiger partial charge in [-0.1, -0.05) is 15.9 Å². The summed E-state index contributed by atoms with van der Waals surface area (Å²) in [6, 6.07) is 4.38. The highest BCUT2D eigenvalue weighted by Gasteiger charge is 2.32. The minimum atomic E-state index is -3.03. The van der Waals surface area contributed by atoms with E-state index in [2.05, 4.69) is 15.9 Å². The van der Waals surface area contributed by atoms with Crippen LogP contribution in [0.2, 0.25) is 0 Å². The summed E-state index contributed by atoms with van der Waals surface area (Å²) in [4.78, 5) is 0. The summed E-state index contributed by atoms with van der Waals surface area (Å²) in [7, 11) is 1.42. The molecule has 0 spiro atoms. The highest BCUT2D eigenvalue weighted by molar-refractivity contribution is 9.10. The highest BCUT2D eigenvalue weighted by Crippen LogP contribution is 2.34. The van der Waals surface area contributed by atoms with E-state index < -0.39 is 12.5 Å². The molecule has 0 saturated carbocycles. The second-order valence-electron chi connectivity index (χ2n) is 2.75. The SMILES string of the molecule is COc1ccc(Br)c(C(F)(F)CN)c1. The van der Waals surface area contributed by atoms with Crippen molar-refractivity contribution in [2.45, 2.75) is 5.92 Å². The van der Waals surface area contributed by atoms with E-state index >= 15 is 0 Å². The van der Waals surface area contributed by atoms with E-state index in [1.165, 1.54) is 19.2 Å². The predicted octanol–water partition coefficient (Wildman–Crippen LogP) is 2.51. The van der Waals surface area contributed by atoms with Gasteiger partial charge in [-0.2, -0.15) is 8.78 Å². The Balaban J connectivity index is 3.18. The molecule has 2 nitrogen and oxygen atoms in total. The van der Waals surface area contributed by atoms with Crippen molar-refractivity contribution in [1.82, 2.24) is 0 Å². The zero-order valence-electron chi connectivity index (χ0n) is 7.56. The first-order valence-corrected chi connectivity index (χ1v) is 4.72. The van der Waals surface area contributed by atoms with E-state index in [4.69, 9.17) is 10.5 Å². The van der Waals surface area contributed by atoms with Gasteiger partial charge in [0.15, 0.2) is 0 Å². The number of alkyl halides is 2. The topological polar surface area (TPSA) is 35.2 Å². The van der Waals surface area contributed by atoms with Gasteiger partial charge in [-0.25, -0.2) is 0 Å². The molecule has 0 aliphatic rings. The first-order chi connectivity index (χ1) is 6.51. The molecule has 0 bridgehead atoms. The fourth-order valence-electron chi connectivity index (χ4n) is 1.02. The Morgan fingerprint density at radius 1 is 1.50 bits per heavy atom. The van der Waals surface area contributed by atoms with E-state index in [0.29, 0.717) is 10.2 Å². The normalized spacial score (nSPS) is 11.5. The van der Waals surface area contributed by atoms with Gasteiger partial charge in [-0.3, -0.25) is 0 Å². The molecule has 0 aliphatic heterocycles. The molecule has 0 heterocycles. The summed E-state index contributed by atoms with van der Waals surface area (Å²) in [5.41, 5.74) is 4.83. The predicted molar refractivity (Wildman–Crippen MR) is 53.6 cm³/mol. The number of nitrogens with two attached hydrogens (primary N) is 1. The molecule has 1 aromatic rings. The van der Waals surface area contributed by atoms with Crippen molar-refractivity contribution in [3.05, 3.63) is 28.2 Å². The molecule has 0 fully saturated rings. The minimum absolute atomic E-state index is 0.153. The third-order valence-corrected chi connectivity index (χ3v) is 2.52. The van der Waals surface area contributed by atoms with Gasteiger partial charge in [0.1, 0.15) is 5.75 Å². The summed E-state index contributed by atoms with van der Waals surface area (Å²) < 4.78 is 31.7. The fourth-order valence-corrected chi connectivity index (χ4v) is 1.56. The van der Waals surface area contributed by atoms with Gasteiger partial charge in [0.2, 0.25) is 0 Å². The summed E-state index contributed by atoms with van der Waals surface area (Å²) >= 11 is 3.05. The summed E-state index contributed by atoms with van der Waals surface area (Å²) in [6.45, 7) is -0.723. The maximum Gasteiger partial charge on any atom is 0.286 e. The number of hydrogen-bond donors (Lipinski definition) is 1. The van der Waals surface area contributed by atoms with Crippen LogP contribution in [0.15, 0.2) is 22.7 Å². The Bertz CT molecular complexity index is 331. The average molecular weight is 266 g/mol. The van der Waals surface area contributed by atoms with Crippen molar-refractivity contribution in [1.29, 1.82) is 0 Å². The second-order valence-corrected chi connectivity index (χ2v) is 3.61. The van der Waals surface area contributed by atoms with Gasteiger partial charge >= 0.3 is 0 Å². The van der Waals surface area contributed by atoms with Crippen molar-refractivity contribution in [3.63, 3.8) is 0 Å². The number of methoxy groups -OCH3 is 1. The maximum absolute atomic E-state index is 13.3. The number of rotatable bonds is 3. The van der Waals surface area contributed by atoms with E-state index in [9.17, 15) is 8.78 Å². The number of benzene rings is 1. The summed E-state index contributed by atoms with van der Waals surface area (Å²) in [5, 5.41) is 0. The average Bonchev–Trinajstić information content (AvgIpc) is 2.18. The van der Waals surface area contributed by atoms with Crippen molar-refractivity contribution in [2.24, 2.45) is 5.73 Å². The van der Waals surface area contributed by atoms with Crippen molar-refractivity contribution < 1.29 is 13.5 Å². The van der Waals surface area contributed by atoms with Crippen LogP contribution in [0.25, 0.3) is 0 Å². The molecule has 5 heteroatoms. The molecule has 0 radical (unpaired) electrons. The molecule has 0 aromatic heterocycles. The molecule has 78 valence electrons. The third kappa shape index (κ3) is 2.22. The lowest BCUT2D eigenvalue weighted by Gasteiger charge is -2.16. The number of halogens is 3.